The van der Waals surface area contributed by atoms with Crippen molar-refractivity contribution in [3.05, 3.63) is 33.8 Å². The predicted octanol–water partition coefficient (Wildman–Crippen LogP) is 3.17. The summed E-state index contributed by atoms with van der Waals surface area (Å²) in [6.45, 7) is 5.42. The van der Waals surface area contributed by atoms with E-state index in [2.05, 4.69) is 27.6 Å². The number of nitrogens with one attached hydrogen (secondary N) is 2. The van der Waals surface area contributed by atoms with E-state index in [1.54, 1.807) is 13.1 Å². The molecule has 5 nitrogen and oxygen atoms in total. The van der Waals surface area contributed by atoms with Crippen molar-refractivity contribution in [1.29, 1.82) is 0 Å². The van der Waals surface area contributed by atoms with E-state index in [-0.39, 0.29) is 36.1 Å². The minimum atomic E-state index is 0. The summed E-state index contributed by atoms with van der Waals surface area (Å²) in [6, 6.07) is 5.52. The minimum absolute atomic E-state index is 0. The maximum atomic E-state index is 6.26. The normalized spacial score (nSPS) is 20.2. The third-order valence-electron chi connectivity index (χ3n) is 3.84. The third kappa shape index (κ3) is 6.55. The first-order chi connectivity index (χ1) is 11.0. The summed E-state index contributed by atoms with van der Waals surface area (Å²) >= 11 is 12.2. The minimum Gasteiger partial charge on any atom is -0.374 e. The number of benzene rings is 1. The van der Waals surface area contributed by atoms with E-state index in [4.69, 9.17) is 27.9 Å². The standard InChI is InChI=1S/C16H24Cl2N4O.HI/c1-11(14-5-4-12(17)8-15(14)18)21-16(19-2)20-9-13-10-22(3)6-7-23-13;/h4-5,8,11,13H,6-7,9-10H2,1-3H3,(H2,19,20,21);1H. The first-order valence-electron chi connectivity index (χ1n) is 7.72. The van der Waals surface area contributed by atoms with E-state index in [1.807, 2.05) is 19.1 Å². The smallest absolute Gasteiger partial charge is 0.191 e. The lowest BCUT2D eigenvalue weighted by atomic mass is 10.1. The zero-order valence-electron chi connectivity index (χ0n) is 14.2. The third-order valence-corrected chi connectivity index (χ3v) is 4.41. The molecule has 1 aliphatic heterocycles. The van der Waals surface area contributed by atoms with Crippen LogP contribution in [0.15, 0.2) is 23.2 Å². The molecule has 1 aromatic rings. The Morgan fingerprint density at radius 1 is 1.46 bits per heavy atom. The maximum absolute atomic E-state index is 6.26. The lowest BCUT2D eigenvalue weighted by molar-refractivity contribution is -0.0161. The summed E-state index contributed by atoms with van der Waals surface area (Å²) < 4.78 is 5.74. The van der Waals surface area contributed by atoms with Crippen molar-refractivity contribution in [2.75, 3.05) is 40.3 Å². The molecule has 0 aromatic heterocycles. The Labute approximate surface area is 171 Å². The number of rotatable bonds is 4. The number of guanidine groups is 1. The van der Waals surface area contributed by atoms with Crippen molar-refractivity contribution in [2.45, 2.75) is 19.1 Å². The monoisotopic (exact) mass is 486 g/mol. The van der Waals surface area contributed by atoms with Gasteiger partial charge >= 0.3 is 0 Å². The quantitative estimate of drug-likeness (QED) is 0.390. The van der Waals surface area contributed by atoms with Crippen molar-refractivity contribution in [2.24, 2.45) is 4.99 Å². The maximum Gasteiger partial charge on any atom is 0.191 e. The fourth-order valence-electron chi connectivity index (χ4n) is 2.53. The Kier molecular flexibility index (Phi) is 9.66. The summed E-state index contributed by atoms with van der Waals surface area (Å²) in [7, 11) is 3.85. The number of aliphatic imine (C=N–C) groups is 1. The molecule has 2 N–H and O–H groups in total. The molecule has 24 heavy (non-hydrogen) atoms. The molecule has 0 aliphatic carbocycles. The molecular formula is C16H25Cl2IN4O. The van der Waals surface area contributed by atoms with Gasteiger partial charge in [-0.25, -0.2) is 0 Å². The van der Waals surface area contributed by atoms with E-state index in [9.17, 15) is 0 Å². The molecule has 1 fully saturated rings. The van der Waals surface area contributed by atoms with Gasteiger partial charge in [-0.2, -0.15) is 0 Å². The SMILES string of the molecule is CN=C(NCC1CN(C)CCO1)NC(C)c1ccc(Cl)cc1Cl.I. The zero-order valence-corrected chi connectivity index (χ0v) is 18.0. The molecule has 1 aliphatic rings. The average Bonchev–Trinajstić information content (AvgIpc) is 2.51. The number of halogens is 3. The first-order valence-corrected chi connectivity index (χ1v) is 8.47. The highest BCUT2D eigenvalue weighted by molar-refractivity contribution is 14.0. The van der Waals surface area contributed by atoms with Crippen molar-refractivity contribution >= 4 is 53.1 Å². The van der Waals surface area contributed by atoms with Gasteiger partial charge in [-0.05, 0) is 31.7 Å². The van der Waals surface area contributed by atoms with Crippen LogP contribution in [0, 0.1) is 0 Å². The Hall–Kier alpha value is -0.280. The van der Waals surface area contributed by atoms with Crippen LogP contribution < -0.4 is 10.6 Å². The zero-order chi connectivity index (χ0) is 16.8. The molecule has 2 atom stereocenters. The van der Waals surface area contributed by atoms with Gasteiger partial charge in [0.15, 0.2) is 5.96 Å². The molecule has 2 rings (SSSR count). The summed E-state index contributed by atoms with van der Waals surface area (Å²) in [5, 5.41) is 7.92. The second kappa shape index (κ2) is 10.7. The molecule has 2 unspecified atom stereocenters. The van der Waals surface area contributed by atoms with Crippen molar-refractivity contribution < 1.29 is 4.74 Å². The van der Waals surface area contributed by atoms with Crippen LogP contribution in [0.25, 0.3) is 0 Å². The fraction of sp³-hybridized carbons (Fsp3) is 0.562. The lowest BCUT2D eigenvalue weighted by Gasteiger charge is -2.30. The lowest BCUT2D eigenvalue weighted by Crippen LogP contribution is -2.48. The number of ether oxygens (including phenoxy) is 1. The van der Waals surface area contributed by atoms with Crippen LogP contribution in [0.1, 0.15) is 18.5 Å². The Morgan fingerprint density at radius 3 is 2.83 bits per heavy atom. The van der Waals surface area contributed by atoms with E-state index in [0.717, 1.165) is 31.2 Å². The summed E-state index contributed by atoms with van der Waals surface area (Å²) in [5.74, 6) is 0.723. The number of hydrogen-bond acceptors (Lipinski definition) is 3. The number of likely N-dealkylation sites (N-methyl/N-ethyl adjacent to an activating group) is 1. The highest BCUT2D eigenvalue weighted by Crippen LogP contribution is 2.25. The second-order valence-electron chi connectivity index (χ2n) is 5.74. The van der Waals surface area contributed by atoms with Gasteiger partial charge in [0.2, 0.25) is 0 Å². The van der Waals surface area contributed by atoms with Gasteiger partial charge in [-0.1, -0.05) is 29.3 Å². The van der Waals surface area contributed by atoms with Crippen LogP contribution in [-0.4, -0.2) is 57.3 Å². The van der Waals surface area contributed by atoms with E-state index in [0.29, 0.717) is 16.6 Å². The number of nitrogens with zero attached hydrogens (tertiary/aromatic N) is 2. The Balaban J connectivity index is 0.00000288. The van der Waals surface area contributed by atoms with Crippen LogP contribution in [0.5, 0.6) is 0 Å². The van der Waals surface area contributed by atoms with Crippen molar-refractivity contribution in [3.63, 3.8) is 0 Å². The fourth-order valence-corrected chi connectivity index (χ4v) is 3.10. The Morgan fingerprint density at radius 2 is 2.21 bits per heavy atom. The summed E-state index contributed by atoms with van der Waals surface area (Å²) in [6.07, 6.45) is 0.168. The van der Waals surface area contributed by atoms with Gasteiger partial charge < -0.3 is 20.3 Å². The molecule has 0 radical (unpaired) electrons. The number of morpholine rings is 1. The van der Waals surface area contributed by atoms with Gasteiger partial charge in [-0.3, -0.25) is 4.99 Å². The van der Waals surface area contributed by atoms with Gasteiger partial charge in [0.25, 0.3) is 0 Å². The van der Waals surface area contributed by atoms with Gasteiger partial charge in [0, 0.05) is 36.7 Å². The predicted molar refractivity (Wildman–Crippen MR) is 112 cm³/mol. The van der Waals surface area contributed by atoms with Gasteiger partial charge in [-0.15, -0.1) is 24.0 Å². The molecule has 1 aromatic carbocycles. The van der Waals surface area contributed by atoms with E-state index >= 15 is 0 Å². The van der Waals surface area contributed by atoms with E-state index < -0.39 is 0 Å². The van der Waals surface area contributed by atoms with Crippen molar-refractivity contribution in [1.82, 2.24) is 15.5 Å². The van der Waals surface area contributed by atoms with Crippen LogP contribution in [0.2, 0.25) is 10.0 Å². The van der Waals surface area contributed by atoms with Gasteiger partial charge in [0.05, 0.1) is 18.8 Å². The van der Waals surface area contributed by atoms with Crippen molar-refractivity contribution in [3.8, 4) is 0 Å². The summed E-state index contributed by atoms with van der Waals surface area (Å²) in [5.41, 5.74) is 0.979. The molecule has 0 spiro atoms. The molecule has 0 amide bonds. The molecule has 1 heterocycles. The van der Waals surface area contributed by atoms with E-state index in [1.165, 1.54) is 0 Å². The molecule has 8 heteroatoms. The number of hydrogen-bond donors (Lipinski definition) is 2. The molecule has 1 saturated heterocycles. The topological polar surface area (TPSA) is 48.9 Å². The Bertz CT molecular complexity index is 559. The van der Waals surface area contributed by atoms with Crippen LogP contribution in [-0.2, 0) is 4.74 Å². The molecular weight excluding hydrogens is 462 g/mol. The highest BCUT2D eigenvalue weighted by atomic mass is 127. The molecule has 136 valence electrons. The summed E-state index contributed by atoms with van der Waals surface area (Å²) in [4.78, 5) is 6.53. The molecule has 0 saturated carbocycles. The first kappa shape index (κ1) is 21.8. The average molecular weight is 487 g/mol. The van der Waals surface area contributed by atoms with Crippen LogP contribution in [0.3, 0.4) is 0 Å². The second-order valence-corrected chi connectivity index (χ2v) is 6.58. The van der Waals surface area contributed by atoms with Crippen LogP contribution in [0.4, 0.5) is 0 Å². The molecule has 0 bridgehead atoms. The van der Waals surface area contributed by atoms with Gasteiger partial charge in [0.1, 0.15) is 0 Å². The van der Waals surface area contributed by atoms with Crippen LogP contribution >= 0.6 is 47.2 Å². The highest BCUT2D eigenvalue weighted by Gasteiger charge is 2.18. The largest absolute Gasteiger partial charge is 0.374 e.